The lowest BCUT2D eigenvalue weighted by atomic mass is 10.0. The molecule has 0 unspecified atom stereocenters. The summed E-state index contributed by atoms with van der Waals surface area (Å²) in [6.07, 6.45) is 3.71. The van der Waals surface area contributed by atoms with Crippen molar-refractivity contribution in [3.8, 4) is 0 Å². The van der Waals surface area contributed by atoms with Gasteiger partial charge in [0.2, 0.25) is 5.91 Å². The Morgan fingerprint density at radius 2 is 1.93 bits per heavy atom. The number of rotatable bonds is 3. The summed E-state index contributed by atoms with van der Waals surface area (Å²) in [4.78, 5) is 48.4. The molecule has 3 rings (SSSR count). The smallest absolute Gasteiger partial charge is 0.290 e. The molecule has 0 aliphatic carbocycles. The minimum atomic E-state index is -0.339. The van der Waals surface area contributed by atoms with Gasteiger partial charge in [-0.3, -0.25) is 19.2 Å². The first-order valence-corrected chi connectivity index (χ1v) is 9.36. The van der Waals surface area contributed by atoms with Crippen LogP contribution in [0.2, 0.25) is 0 Å². The van der Waals surface area contributed by atoms with Gasteiger partial charge in [-0.2, -0.15) is 5.10 Å². The van der Waals surface area contributed by atoms with Gasteiger partial charge >= 0.3 is 0 Å². The molecule has 2 aliphatic heterocycles. The third kappa shape index (κ3) is 6.15. The predicted octanol–water partition coefficient (Wildman–Crippen LogP) is -0.467. The normalized spacial score (nSPS) is 22.5. The number of H-pyrrole nitrogens is 1. The maximum atomic E-state index is 12.6. The molecular weight excluding hydrogens is 366 g/mol. The maximum Gasteiger partial charge on any atom is 0.290 e. The summed E-state index contributed by atoms with van der Waals surface area (Å²) >= 11 is 0. The molecule has 0 bridgehead atoms. The van der Waals surface area contributed by atoms with E-state index < -0.39 is 0 Å². The molecule has 0 saturated carbocycles. The van der Waals surface area contributed by atoms with Crippen molar-refractivity contribution < 1.29 is 19.5 Å². The second-order valence-electron chi connectivity index (χ2n) is 7.11. The van der Waals surface area contributed by atoms with Crippen molar-refractivity contribution in [2.24, 2.45) is 5.92 Å². The Bertz CT molecular complexity index is 711. The van der Waals surface area contributed by atoms with Crippen LogP contribution in [-0.4, -0.2) is 82.7 Å². The van der Waals surface area contributed by atoms with Crippen LogP contribution >= 0.6 is 0 Å². The van der Waals surface area contributed by atoms with E-state index in [0.717, 1.165) is 45.3 Å². The predicted molar refractivity (Wildman–Crippen MR) is 101 cm³/mol. The van der Waals surface area contributed by atoms with Gasteiger partial charge in [-0.05, 0) is 38.8 Å². The second-order valence-corrected chi connectivity index (χ2v) is 7.11. The molecule has 3 N–H and O–H groups in total. The number of likely N-dealkylation sites (tertiary alicyclic amines) is 2. The SMILES string of the molecule is CN1C[C@@H](NC(=O)c2ccc(=O)[nH]n2)CC[C@@H](C(=O)N2CCCC2)C1.O=CO. The van der Waals surface area contributed by atoms with Crippen LogP contribution < -0.4 is 10.9 Å². The fraction of sp³-hybridized carbons (Fsp3) is 0.611. The summed E-state index contributed by atoms with van der Waals surface area (Å²) in [5.41, 5.74) is -0.148. The largest absolute Gasteiger partial charge is 0.483 e. The Morgan fingerprint density at radius 1 is 1.25 bits per heavy atom. The molecule has 10 nitrogen and oxygen atoms in total. The van der Waals surface area contributed by atoms with E-state index >= 15 is 0 Å². The molecule has 10 heteroatoms. The number of carboxylic acid groups (broad SMARTS) is 1. The molecule has 28 heavy (non-hydrogen) atoms. The molecule has 2 saturated heterocycles. The standard InChI is InChI=1S/C17H25N5O3.CH2O2/c1-21-10-12(17(25)22-8-2-3-9-22)4-5-13(11-21)18-16(24)14-6-7-15(23)20-19-14;2-1-3/h6-7,12-13H,2-5,8-11H2,1H3,(H,18,24)(H,20,23);1H,(H,2,3)/t12-,13+;/m1./s1. The summed E-state index contributed by atoms with van der Waals surface area (Å²) in [6, 6.07) is 2.66. The molecule has 1 aromatic heterocycles. The molecule has 0 radical (unpaired) electrons. The zero-order chi connectivity index (χ0) is 20.5. The lowest BCUT2D eigenvalue weighted by Crippen LogP contribution is -2.42. The zero-order valence-corrected chi connectivity index (χ0v) is 16.0. The van der Waals surface area contributed by atoms with E-state index in [1.807, 2.05) is 11.9 Å². The Labute approximate surface area is 162 Å². The summed E-state index contributed by atoms with van der Waals surface area (Å²) < 4.78 is 0. The van der Waals surface area contributed by atoms with Crippen molar-refractivity contribution in [2.45, 2.75) is 31.7 Å². The lowest BCUT2D eigenvalue weighted by molar-refractivity contribution is -0.135. The molecule has 1 aromatic rings. The number of nitrogens with one attached hydrogen (secondary N) is 2. The van der Waals surface area contributed by atoms with Crippen molar-refractivity contribution >= 4 is 18.3 Å². The van der Waals surface area contributed by atoms with Crippen molar-refractivity contribution in [3.63, 3.8) is 0 Å². The number of aromatic nitrogens is 2. The summed E-state index contributed by atoms with van der Waals surface area (Å²) in [7, 11) is 1.98. The zero-order valence-electron chi connectivity index (χ0n) is 16.0. The summed E-state index contributed by atoms with van der Waals surface area (Å²) in [6.45, 7) is 2.91. The van der Waals surface area contributed by atoms with Gasteiger partial charge in [0.05, 0.1) is 5.92 Å². The average molecular weight is 393 g/mol. The average Bonchev–Trinajstić information content (AvgIpc) is 3.13. The quantitative estimate of drug-likeness (QED) is 0.591. The fourth-order valence-electron chi connectivity index (χ4n) is 3.66. The number of hydrogen-bond donors (Lipinski definition) is 3. The Kier molecular flexibility index (Phi) is 8.12. The Balaban J connectivity index is 0.000000878. The molecule has 2 aliphatic rings. The molecule has 154 valence electrons. The van der Waals surface area contributed by atoms with Crippen molar-refractivity contribution in [1.29, 1.82) is 0 Å². The van der Waals surface area contributed by atoms with Gasteiger partial charge in [-0.25, -0.2) is 5.10 Å². The minimum Gasteiger partial charge on any atom is -0.483 e. The fourth-order valence-corrected chi connectivity index (χ4v) is 3.66. The van der Waals surface area contributed by atoms with E-state index in [9.17, 15) is 14.4 Å². The van der Waals surface area contributed by atoms with Gasteiger partial charge in [0.25, 0.3) is 17.9 Å². The van der Waals surface area contributed by atoms with E-state index in [-0.39, 0.29) is 41.5 Å². The number of nitrogens with zero attached hydrogens (tertiary/aromatic N) is 3. The van der Waals surface area contributed by atoms with E-state index in [1.165, 1.54) is 12.1 Å². The number of likely N-dealkylation sites (N-methyl/N-ethyl adjacent to an activating group) is 1. The first-order chi connectivity index (χ1) is 13.4. The highest BCUT2D eigenvalue weighted by Gasteiger charge is 2.31. The van der Waals surface area contributed by atoms with Gasteiger partial charge in [-0.1, -0.05) is 0 Å². The van der Waals surface area contributed by atoms with Crippen molar-refractivity contribution in [3.05, 3.63) is 28.2 Å². The van der Waals surface area contributed by atoms with Crippen LogP contribution in [0.4, 0.5) is 0 Å². The first-order valence-electron chi connectivity index (χ1n) is 9.36. The lowest BCUT2D eigenvalue weighted by Gasteiger charge is -2.24. The molecule has 2 atom stereocenters. The van der Waals surface area contributed by atoms with Crippen LogP contribution in [0.25, 0.3) is 0 Å². The topological polar surface area (TPSA) is 136 Å². The van der Waals surface area contributed by atoms with Gasteiger partial charge in [-0.15, -0.1) is 0 Å². The van der Waals surface area contributed by atoms with E-state index in [4.69, 9.17) is 9.90 Å². The minimum absolute atomic E-state index is 0.00351. The van der Waals surface area contributed by atoms with E-state index in [1.54, 1.807) is 0 Å². The number of aromatic amines is 1. The molecule has 0 spiro atoms. The third-order valence-corrected chi connectivity index (χ3v) is 4.94. The van der Waals surface area contributed by atoms with E-state index in [0.29, 0.717) is 6.54 Å². The van der Waals surface area contributed by atoms with Crippen LogP contribution in [0.15, 0.2) is 16.9 Å². The highest BCUT2D eigenvalue weighted by molar-refractivity contribution is 5.92. The van der Waals surface area contributed by atoms with Crippen LogP contribution in [0.5, 0.6) is 0 Å². The van der Waals surface area contributed by atoms with Crippen molar-refractivity contribution in [1.82, 2.24) is 25.3 Å². The Hall–Kier alpha value is -2.75. The number of amides is 2. The summed E-state index contributed by atoms with van der Waals surface area (Å²) in [5, 5.41) is 15.9. The van der Waals surface area contributed by atoms with E-state index in [2.05, 4.69) is 20.4 Å². The first kappa shape index (κ1) is 21.5. The monoisotopic (exact) mass is 393 g/mol. The third-order valence-electron chi connectivity index (χ3n) is 4.94. The number of carbonyl (C=O) groups excluding carboxylic acids is 2. The molecule has 2 fully saturated rings. The van der Waals surface area contributed by atoms with Crippen LogP contribution in [0.3, 0.4) is 0 Å². The molecule has 0 aromatic carbocycles. The molecule has 3 heterocycles. The maximum absolute atomic E-state index is 12.6. The highest BCUT2D eigenvalue weighted by atomic mass is 16.3. The second kappa shape index (κ2) is 10.5. The van der Waals surface area contributed by atoms with Gasteiger partial charge in [0, 0.05) is 38.3 Å². The molecule has 2 amide bonds. The summed E-state index contributed by atoms with van der Waals surface area (Å²) in [5.74, 6) is -0.0613. The van der Waals surface area contributed by atoms with Crippen molar-refractivity contribution in [2.75, 3.05) is 33.2 Å². The van der Waals surface area contributed by atoms with Crippen LogP contribution in [0.1, 0.15) is 36.2 Å². The highest BCUT2D eigenvalue weighted by Crippen LogP contribution is 2.21. The van der Waals surface area contributed by atoms with Gasteiger partial charge in [0.15, 0.2) is 0 Å². The molecular formula is C18H27N5O5. The van der Waals surface area contributed by atoms with Gasteiger partial charge < -0.3 is 20.2 Å². The van der Waals surface area contributed by atoms with Gasteiger partial charge in [0.1, 0.15) is 5.69 Å². The van der Waals surface area contributed by atoms with Crippen LogP contribution in [-0.2, 0) is 9.59 Å². The number of carbonyl (C=O) groups is 3. The van der Waals surface area contributed by atoms with Crippen LogP contribution in [0, 0.1) is 5.92 Å². The number of hydrogen-bond acceptors (Lipinski definition) is 6. The Morgan fingerprint density at radius 3 is 2.54 bits per heavy atom.